The SMILES string of the molecule is COc1ccccc1[C@H](N)[C@H](O)CCC(C)C. The summed E-state index contributed by atoms with van der Waals surface area (Å²) in [6.07, 6.45) is 1.18. The predicted octanol–water partition coefficient (Wildman–Crippen LogP) is 2.49. The molecule has 1 aromatic rings. The predicted molar refractivity (Wildman–Crippen MR) is 70.0 cm³/mol. The number of methoxy groups -OCH3 is 1. The van der Waals surface area contributed by atoms with E-state index >= 15 is 0 Å². The molecule has 3 nitrogen and oxygen atoms in total. The highest BCUT2D eigenvalue weighted by Crippen LogP contribution is 2.27. The Hall–Kier alpha value is -1.06. The van der Waals surface area contributed by atoms with Crippen molar-refractivity contribution >= 4 is 0 Å². The Morgan fingerprint density at radius 3 is 2.47 bits per heavy atom. The molecule has 0 aliphatic rings. The fourth-order valence-corrected chi connectivity index (χ4v) is 1.83. The highest BCUT2D eigenvalue weighted by atomic mass is 16.5. The fraction of sp³-hybridized carbons (Fsp3) is 0.571. The van der Waals surface area contributed by atoms with Crippen LogP contribution in [-0.2, 0) is 0 Å². The van der Waals surface area contributed by atoms with Crippen LogP contribution in [0.5, 0.6) is 5.75 Å². The third-order valence-corrected chi connectivity index (χ3v) is 2.95. The highest BCUT2D eigenvalue weighted by Gasteiger charge is 2.19. The molecule has 0 heterocycles. The zero-order valence-electron chi connectivity index (χ0n) is 10.9. The van der Waals surface area contributed by atoms with Crippen LogP contribution in [0.4, 0.5) is 0 Å². The molecular formula is C14H23NO2. The summed E-state index contributed by atoms with van der Waals surface area (Å²) in [5, 5.41) is 10.1. The van der Waals surface area contributed by atoms with E-state index in [9.17, 15) is 5.11 Å². The van der Waals surface area contributed by atoms with E-state index in [0.717, 1.165) is 24.2 Å². The molecule has 2 atom stereocenters. The van der Waals surface area contributed by atoms with E-state index in [1.807, 2.05) is 24.3 Å². The van der Waals surface area contributed by atoms with Gasteiger partial charge in [-0.25, -0.2) is 0 Å². The Bertz CT molecular complexity index is 339. The summed E-state index contributed by atoms with van der Waals surface area (Å²) in [6.45, 7) is 4.28. The maximum atomic E-state index is 10.1. The summed E-state index contributed by atoms with van der Waals surface area (Å²) in [6, 6.07) is 7.19. The van der Waals surface area contributed by atoms with E-state index in [2.05, 4.69) is 13.8 Å². The van der Waals surface area contributed by atoms with Crippen LogP contribution in [0.25, 0.3) is 0 Å². The second-order valence-electron chi connectivity index (χ2n) is 4.81. The first-order chi connectivity index (χ1) is 8.06. The lowest BCUT2D eigenvalue weighted by molar-refractivity contribution is 0.127. The van der Waals surface area contributed by atoms with Crippen molar-refractivity contribution in [3.8, 4) is 5.75 Å². The Morgan fingerprint density at radius 1 is 1.24 bits per heavy atom. The second kappa shape index (κ2) is 6.62. The molecule has 0 unspecified atom stereocenters. The molecule has 1 rings (SSSR count). The van der Waals surface area contributed by atoms with Gasteiger partial charge < -0.3 is 15.6 Å². The van der Waals surface area contributed by atoms with Crippen molar-refractivity contribution < 1.29 is 9.84 Å². The smallest absolute Gasteiger partial charge is 0.123 e. The standard InChI is InChI=1S/C14H23NO2/c1-10(2)8-9-12(16)14(15)11-6-4-5-7-13(11)17-3/h4-7,10,12,14,16H,8-9,15H2,1-3H3/t12-,14+/m1/s1. The quantitative estimate of drug-likeness (QED) is 0.799. The van der Waals surface area contributed by atoms with Crippen LogP contribution >= 0.6 is 0 Å². The van der Waals surface area contributed by atoms with Gasteiger partial charge in [0.15, 0.2) is 0 Å². The molecule has 0 saturated heterocycles. The number of hydrogen-bond donors (Lipinski definition) is 2. The Labute approximate surface area is 104 Å². The summed E-state index contributed by atoms with van der Waals surface area (Å²) < 4.78 is 5.25. The van der Waals surface area contributed by atoms with E-state index in [4.69, 9.17) is 10.5 Å². The number of aliphatic hydroxyl groups is 1. The molecule has 0 aromatic heterocycles. The zero-order valence-corrected chi connectivity index (χ0v) is 10.9. The van der Waals surface area contributed by atoms with Crippen LogP contribution in [0.1, 0.15) is 38.3 Å². The van der Waals surface area contributed by atoms with Crippen LogP contribution in [0, 0.1) is 5.92 Å². The minimum Gasteiger partial charge on any atom is -0.496 e. The van der Waals surface area contributed by atoms with Gasteiger partial charge in [0.2, 0.25) is 0 Å². The molecule has 0 bridgehead atoms. The molecular weight excluding hydrogens is 214 g/mol. The Balaban J connectivity index is 2.70. The van der Waals surface area contributed by atoms with Crippen molar-refractivity contribution in [2.45, 2.75) is 38.8 Å². The molecule has 96 valence electrons. The third kappa shape index (κ3) is 4.02. The van der Waals surface area contributed by atoms with Crippen molar-refractivity contribution in [3.63, 3.8) is 0 Å². The van der Waals surface area contributed by atoms with Gasteiger partial charge in [-0.15, -0.1) is 0 Å². The first kappa shape index (κ1) is 14.0. The Kier molecular flexibility index (Phi) is 5.45. The third-order valence-electron chi connectivity index (χ3n) is 2.95. The Morgan fingerprint density at radius 2 is 1.88 bits per heavy atom. The maximum absolute atomic E-state index is 10.1. The van der Waals surface area contributed by atoms with Crippen molar-refractivity contribution in [2.75, 3.05) is 7.11 Å². The topological polar surface area (TPSA) is 55.5 Å². The zero-order chi connectivity index (χ0) is 12.8. The average Bonchev–Trinajstić information content (AvgIpc) is 2.34. The van der Waals surface area contributed by atoms with Gasteiger partial charge in [-0.3, -0.25) is 0 Å². The highest BCUT2D eigenvalue weighted by molar-refractivity contribution is 5.36. The van der Waals surface area contributed by atoms with Crippen molar-refractivity contribution in [1.29, 1.82) is 0 Å². The number of ether oxygens (including phenoxy) is 1. The first-order valence-electron chi connectivity index (χ1n) is 6.12. The maximum Gasteiger partial charge on any atom is 0.123 e. The molecule has 0 aliphatic heterocycles. The van der Waals surface area contributed by atoms with Gasteiger partial charge in [0.1, 0.15) is 5.75 Å². The molecule has 1 aromatic carbocycles. The lowest BCUT2D eigenvalue weighted by Gasteiger charge is -2.21. The summed E-state index contributed by atoms with van der Waals surface area (Å²) in [5.41, 5.74) is 6.94. The minimum atomic E-state index is -0.520. The molecule has 0 aliphatic carbocycles. The van der Waals surface area contributed by atoms with E-state index in [0.29, 0.717) is 5.92 Å². The molecule has 0 saturated carbocycles. The fourth-order valence-electron chi connectivity index (χ4n) is 1.83. The summed E-state index contributed by atoms with van der Waals surface area (Å²) in [7, 11) is 1.62. The van der Waals surface area contributed by atoms with E-state index in [1.165, 1.54) is 0 Å². The number of para-hydroxylation sites is 1. The number of benzene rings is 1. The van der Waals surface area contributed by atoms with E-state index < -0.39 is 6.10 Å². The number of nitrogens with two attached hydrogens (primary N) is 1. The van der Waals surface area contributed by atoms with Crippen molar-refractivity contribution in [1.82, 2.24) is 0 Å². The summed E-state index contributed by atoms with van der Waals surface area (Å²) in [5.74, 6) is 1.32. The number of aliphatic hydroxyl groups excluding tert-OH is 1. The minimum absolute atomic E-state index is 0.384. The lowest BCUT2D eigenvalue weighted by Crippen LogP contribution is -2.26. The molecule has 3 heteroatoms. The van der Waals surface area contributed by atoms with E-state index in [-0.39, 0.29) is 6.04 Å². The van der Waals surface area contributed by atoms with Gasteiger partial charge in [0.25, 0.3) is 0 Å². The summed E-state index contributed by atoms with van der Waals surface area (Å²) in [4.78, 5) is 0. The molecule has 0 amide bonds. The number of rotatable bonds is 6. The summed E-state index contributed by atoms with van der Waals surface area (Å²) >= 11 is 0. The van der Waals surface area contributed by atoms with Gasteiger partial charge in [-0.05, 0) is 24.8 Å². The van der Waals surface area contributed by atoms with Crippen LogP contribution in [0.3, 0.4) is 0 Å². The van der Waals surface area contributed by atoms with Crippen molar-refractivity contribution in [3.05, 3.63) is 29.8 Å². The molecule has 3 N–H and O–H groups in total. The molecule has 17 heavy (non-hydrogen) atoms. The van der Waals surface area contributed by atoms with Crippen LogP contribution in [0.15, 0.2) is 24.3 Å². The van der Waals surface area contributed by atoms with Gasteiger partial charge >= 0.3 is 0 Å². The molecule has 0 radical (unpaired) electrons. The van der Waals surface area contributed by atoms with Gasteiger partial charge in [-0.1, -0.05) is 32.0 Å². The van der Waals surface area contributed by atoms with Crippen LogP contribution in [0.2, 0.25) is 0 Å². The molecule has 0 spiro atoms. The first-order valence-corrected chi connectivity index (χ1v) is 6.12. The lowest BCUT2D eigenvalue weighted by atomic mass is 9.95. The van der Waals surface area contributed by atoms with Gasteiger partial charge in [0.05, 0.1) is 19.3 Å². The van der Waals surface area contributed by atoms with Crippen molar-refractivity contribution in [2.24, 2.45) is 11.7 Å². The second-order valence-corrected chi connectivity index (χ2v) is 4.81. The number of hydrogen-bond acceptors (Lipinski definition) is 3. The van der Waals surface area contributed by atoms with Crippen LogP contribution < -0.4 is 10.5 Å². The van der Waals surface area contributed by atoms with Gasteiger partial charge in [0, 0.05) is 5.56 Å². The largest absolute Gasteiger partial charge is 0.496 e. The van der Waals surface area contributed by atoms with E-state index in [1.54, 1.807) is 7.11 Å². The normalized spacial score (nSPS) is 14.7. The van der Waals surface area contributed by atoms with Crippen LogP contribution in [-0.4, -0.2) is 18.3 Å². The monoisotopic (exact) mass is 237 g/mol. The molecule has 0 fully saturated rings. The average molecular weight is 237 g/mol. The van der Waals surface area contributed by atoms with Gasteiger partial charge in [-0.2, -0.15) is 0 Å².